The minimum absolute atomic E-state index is 0.250. The number of hydrogen-bond donors (Lipinski definition) is 1. The maximum Gasteiger partial charge on any atom is 0.159 e. The van der Waals surface area contributed by atoms with E-state index in [1.807, 2.05) is 6.08 Å². The van der Waals surface area contributed by atoms with E-state index in [1.165, 1.54) is 19.3 Å². The second-order valence-electron chi connectivity index (χ2n) is 3.79. The maximum absolute atomic E-state index is 11.1. The Labute approximate surface area is 86.1 Å². The van der Waals surface area contributed by atoms with Gasteiger partial charge in [-0.15, -0.1) is 6.58 Å². The zero-order chi connectivity index (χ0) is 10.2. The zero-order valence-electron chi connectivity index (χ0n) is 8.67. The molecule has 1 atom stereocenters. The monoisotopic (exact) mass is 193 g/mol. The molecule has 1 heterocycles. The quantitative estimate of drug-likeness (QED) is 0.519. The van der Waals surface area contributed by atoms with Crippen LogP contribution in [0, 0.1) is 0 Å². The number of ketones is 1. The molecule has 0 spiro atoms. The van der Waals surface area contributed by atoms with Gasteiger partial charge in [-0.2, -0.15) is 0 Å². The number of hydrogen-bond acceptors (Lipinski definition) is 2. The third-order valence-electron chi connectivity index (χ3n) is 2.51. The van der Waals surface area contributed by atoms with Gasteiger partial charge in [0.15, 0.2) is 5.78 Å². The average molecular weight is 193 g/mol. The van der Waals surface area contributed by atoms with Gasteiger partial charge in [-0.3, -0.25) is 4.79 Å². The van der Waals surface area contributed by atoms with E-state index in [4.69, 9.17) is 0 Å². The summed E-state index contributed by atoms with van der Waals surface area (Å²) in [6, 6.07) is 0.372. The topological polar surface area (TPSA) is 29.1 Å². The SMILES string of the molecule is C=CCCCCC[C@H]1CC(=O)C=CN1. The molecule has 14 heavy (non-hydrogen) atoms. The van der Waals surface area contributed by atoms with Gasteiger partial charge in [0.2, 0.25) is 0 Å². The number of nitrogens with one attached hydrogen (secondary N) is 1. The standard InChI is InChI=1S/C12H19NO/c1-2-3-4-5-6-7-11-10-12(14)8-9-13-11/h2,8-9,11,13H,1,3-7,10H2/t11-/m0/s1. The van der Waals surface area contributed by atoms with Crippen molar-refractivity contribution in [2.24, 2.45) is 0 Å². The summed E-state index contributed by atoms with van der Waals surface area (Å²) in [6.45, 7) is 3.69. The molecule has 0 aliphatic carbocycles. The second-order valence-corrected chi connectivity index (χ2v) is 3.79. The van der Waals surface area contributed by atoms with Crippen molar-refractivity contribution < 1.29 is 4.79 Å². The van der Waals surface area contributed by atoms with Crippen LogP contribution in [0.1, 0.15) is 38.5 Å². The number of rotatable bonds is 6. The van der Waals surface area contributed by atoms with Gasteiger partial charge in [0, 0.05) is 18.7 Å². The molecule has 78 valence electrons. The first-order valence-corrected chi connectivity index (χ1v) is 5.39. The molecule has 2 nitrogen and oxygen atoms in total. The lowest BCUT2D eigenvalue weighted by atomic mass is 10.0. The smallest absolute Gasteiger partial charge is 0.159 e. The molecule has 1 N–H and O–H groups in total. The zero-order valence-corrected chi connectivity index (χ0v) is 8.67. The Morgan fingerprint density at radius 3 is 3.07 bits per heavy atom. The molecule has 2 heteroatoms. The van der Waals surface area contributed by atoms with Crippen LogP contribution in [0.5, 0.6) is 0 Å². The predicted molar refractivity (Wildman–Crippen MR) is 59.0 cm³/mol. The normalized spacial score (nSPS) is 20.6. The lowest BCUT2D eigenvalue weighted by Gasteiger charge is -2.18. The van der Waals surface area contributed by atoms with Crippen LogP contribution in [0.25, 0.3) is 0 Å². The van der Waals surface area contributed by atoms with Crippen LogP contribution in [-0.2, 0) is 4.79 Å². The van der Waals surface area contributed by atoms with E-state index in [0.29, 0.717) is 12.5 Å². The fourth-order valence-corrected chi connectivity index (χ4v) is 1.69. The molecule has 0 saturated heterocycles. The molecule has 0 bridgehead atoms. The van der Waals surface area contributed by atoms with Gasteiger partial charge in [0.05, 0.1) is 0 Å². The fourth-order valence-electron chi connectivity index (χ4n) is 1.69. The summed E-state index contributed by atoms with van der Waals surface area (Å²) in [6.07, 6.45) is 11.9. The Morgan fingerprint density at radius 1 is 1.50 bits per heavy atom. The second kappa shape index (κ2) is 6.41. The minimum atomic E-state index is 0.250. The summed E-state index contributed by atoms with van der Waals surface area (Å²) in [5, 5.41) is 3.22. The molecule has 0 unspecified atom stereocenters. The van der Waals surface area contributed by atoms with Crippen LogP contribution in [0.2, 0.25) is 0 Å². The Morgan fingerprint density at radius 2 is 2.36 bits per heavy atom. The van der Waals surface area contributed by atoms with Crippen molar-refractivity contribution in [3.63, 3.8) is 0 Å². The molecular formula is C12H19NO. The van der Waals surface area contributed by atoms with E-state index in [1.54, 1.807) is 12.3 Å². The van der Waals surface area contributed by atoms with Gasteiger partial charge >= 0.3 is 0 Å². The molecular weight excluding hydrogens is 174 g/mol. The number of unbranched alkanes of at least 4 members (excludes halogenated alkanes) is 3. The van der Waals surface area contributed by atoms with E-state index in [9.17, 15) is 4.79 Å². The Balaban J connectivity index is 2.04. The summed E-state index contributed by atoms with van der Waals surface area (Å²) in [5.41, 5.74) is 0. The number of carbonyl (C=O) groups excluding carboxylic acids is 1. The average Bonchev–Trinajstić information content (AvgIpc) is 2.18. The molecule has 1 aliphatic rings. The van der Waals surface area contributed by atoms with Gasteiger partial charge in [-0.05, 0) is 25.3 Å². The van der Waals surface area contributed by atoms with Gasteiger partial charge in [0.25, 0.3) is 0 Å². The third kappa shape index (κ3) is 4.26. The molecule has 0 saturated carbocycles. The Hall–Kier alpha value is -1.05. The van der Waals surface area contributed by atoms with Crippen LogP contribution in [0.15, 0.2) is 24.9 Å². The van der Waals surface area contributed by atoms with Crippen molar-refractivity contribution in [1.29, 1.82) is 0 Å². The summed E-state index contributed by atoms with van der Waals surface area (Å²) in [7, 11) is 0. The van der Waals surface area contributed by atoms with E-state index < -0.39 is 0 Å². The van der Waals surface area contributed by atoms with Gasteiger partial charge in [0.1, 0.15) is 0 Å². The maximum atomic E-state index is 11.1. The van der Waals surface area contributed by atoms with E-state index >= 15 is 0 Å². The predicted octanol–water partition coefficient (Wildman–Crippen LogP) is 2.57. The molecule has 1 aliphatic heterocycles. The van der Waals surface area contributed by atoms with Crippen molar-refractivity contribution in [2.75, 3.05) is 0 Å². The highest BCUT2D eigenvalue weighted by Gasteiger charge is 2.13. The lowest BCUT2D eigenvalue weighted by molar-refractivity contribution is -0.115. The van der Waals surface area contributed by atoms with Crippen molar-refractivity contribution in [2.45, 2.75) is 44.6 Å². The van der Waals surface area contributed by atoms with Crippen LogP contribution in [0.4, 0.5) is 0 Å². The molecule has 1 rings (SSSR count). The molecule has 0 aromatic heterocycles. The van der Waals surface area contributed by atoms with Crippen LogP contribution in [0.3, 0.4) is 0 Å². The van der Waals surface area contributed by atoms with E-state index in [2.05, 4.69) is 11.9 Å². The van der Waals surface area contributed by atoms with Crippen molar-refractivity contribution in [3.8, 4) is 0 Å². The van der Waals surface area contributed by atoms with Gasteiger partial charge in [-0.25, -0.2) is 0 Å². The van der Waals surface area contributed by atoms with Gasteiger partial charge in [-0.1, -0.05) is 18.9 Å². The van der Waals surface area contributed by atoms with Gasteiger partial charge < -0.3 is 5.32 Å². The largest absolute Gasteiger partial charge is 0.388 e. The summed E-state index contributed by atoms with van der Waals surface area (Å²) < 4.78 is 0. The summed E-state index contributed by atoms with van der Waals surface area (Å²) >= 11 is 0. The first-order valence-electron chi connectivity index (χ1n) is 5.39. The van der Waals surface area contributed by atoms with Crippen molar-refractivity contribution in [1.82, 2.24) is 5.32 Å². The van der Waals surface area contributed by atoms with Crippen molar-refractivity contribution in [3.05, 3.63) is 24.9 Å². The number of carbonyl (C=O) groups is 1. The Kier molecular flexibility index (Phi) is 5.05. The fraction of sp³-hybridized carbons (Fsp3) is 0.583. The first kappa shape index (κ1) is 11.0. The lowest BCUT2D eigenvalue weighted by Crippen LogP contribution is -2.30. The molecule has 0 amide bonds. The highest BCUT2D eigenvalue weighted by Crippen LogP contribution is 2.11. The molecule has 0 aromatic carbocycles. The van der Waals surface area contributed by atoms with Crippen LogP contribution in [-0.4, -0.2) is 11.8 Å². The highest BCUT2D eigenvalue weighted by atomic mass is 16.1. The van der Waals surface area contributed by atoms with Crippen LogP contribution < -0.4 is 5.32 Å². The minimum Gasteiger partial charge on any atom is -0.388 e. The summed E-state index contributed by atoms with van der Waals surface area (Å²) in [5.74, 6) is 0.250. The van der Waals surface area contributed by atoms with E-state index in [0.717, 1.165) is 12.8 Å². The third-order valence-corrected chi connectivity index (χ3v) is 2.51. The van der Waals surface area contributed by atoms with Crippen LogP contribution >= 0.6 is 0 Å². The molecule has 0 radical (unpaired) electrons. The molecule has 0 aromatic rings. The highest BCUT2D eigenvalue weighted by molar-refractivity contribution is 5.90. The van der Waals surface area contributed by atoms with Crippen molar-refractivity contribution >= 4 is 5.78 Å². The Bertz CT molecular complexity index is 220. The first-order chi connectivity index (χ1) is 6.83. The number of allylic oxidation sites excluding steroid dienone is 2. The summed E-state index contributed by atoms with van der Waals surface area (Å²) in [4.78, 5) is 11.1. The molecule has 0 fully saturated rings. The van der Waals surface area contributed by atoms with E-state index in [-0.39, 0.29) is 5.78 Å².